The van der Waals surface area contributed by atoms with Crippen LogP contribution in [0.4, 0.5) is 0 Å². The molecule has 0 saturated carbocycles. The maximum Gasteiger partial charge on any atom is 0.273 e. The summed E-state index contributed by atoms with van der Waals surface area (Å²) >= 11 is 0. The summed E-state index contributed by atoms with van der Waals surface area (Å²) in [5.74, 6) is 0.273. The average molecular weight is 348 g/mol. The number of nitrogens with one attached hydrogen (secondary N) is 1. The Labute approximate surface area is 154 Å². The zero-order valence-electron chi connectivity index (χ0n) is 15.4. The van der Waals surface area contributed by atoms with Crippen LogP contribution in [0.3, 0.4) is 0 Å². The van der Waals surface area contributed by atoms with Gasteiger partial charge in [0.05, 0.1) is 11.9 Å². The highest BCUT2D eigenvalue weighted by atomic mass is 16.2. The molecule has 1 N–H and O–H groups in total. The zero-order valence-corrected chi connectivity index (χ0v) is 15.4. The lowest BCUT2D eigenvalue weighted by molar-refractivity contribution is 0.0946. The molecule has 0 atom stereocenters. The molecular weight excluding hydrogens is 324 g/mol. The lowest BCUT2D eigenvalue weighted by Crippen LogP contribution is -2.23. The standard InChI is InChI=1S/C21H24N4O/c1-4-16-7-11-19(12-8-16)25-14-20(23-24-25)21(26)22-13-17-5-9-18(10-6-17)15(2)3/h5-12,14-15H,4,13H2,1-3H3,(H,22,26). The third-order valence-corrected chi connectivity index (χ3v) is 4.43. The number of benzene rings is 2. The van der Waals surface area contributed by atoms with Gasteiger partial charge in [-0.2, -0.15) is 0 Å². The van der Waals surface area contributed by atoms with Gasteiger partial charge in [-0.1, -0.05) is 62.4 Å². The Morgan fingerprint density at radius 1 is 1.04 bits per heavy atom. The molecule has 0 bridgehead atoms. The molecule has 0 fully saturated rings. The van der Waals surface area contributed by atoms with E-state index in [1.165, 1.54) is 11.1 Å². The van der Waals surface area contributed by atoms with E-state index in [1.54, 1.807) is 10.9 Å². The second-order valence-corrected chi connectivity index (χ2v) is 6.65. The highest BCUT2D eigenvalue weighted by Gasteiger charge is 2.11. The number of rotatable bonds is 6. The minimum absolute atomic E-state index is 0.227. The molecule has 1 amide bonds. The average Bonchev–Trinajstić information content (AvgIpc) is 3.17. The fraction of sp³-hybridized carbons (Fsp3) is 0.286. The largest absolute Gasteiger partial charge is 0.347 e. The van der Waals surface area contributed by atoms with Gasteiger partial charge >= 0.3 is 0 Å². The molecule has 134 valence electrons. The molecule has 3 aromatic rings. The van der Waals surface area contributed by atoms with Gasteiger partial charge in [0, 0.05) is 6.54 Å². The lowest BCUT2D eigenvalue weighted by Gasteiger charge is -2.07. The van der Waals surface area contributed by atoms with Crippen LogP contribution in [-0.2, 0) is 13.0 Å². The van der Waals surface area contributed by atoms with Crippen LogP contribution in [0.5, 0.6) is 0 Å². The molecule has 0 aliphatic rings. The highest BCUT2D eigenvalue weighted by Crippen LogP contribution is 2.14. The fourth-order valence-electron chi connectivity index (χ4n) is 2.67. The normalized spacial score (nSPS) is 10.9. The first-order valence-corrected chi connectivity index (χ1v) is 8.95. The predicted octanol–water partition coefficient (Wildman–Crippen LogP) is 3.88. The number of carbonyl (C=O) groups is 1. The molecule has 0 unspecified atom stereocenters. The third kappa shape index (κ3) is 4.17. The predicted molar refractivity (Wildman–Crippen MR) is 102 cm³/mol. The van der Waals surface area contributed by atoms with Gasteiger partial charge in [0.2, 0.25) is 0 Å². The summed E-state index contributed by atoms with van der Waals surface area (Å²) in [5, 5.41) is 10.9. The molecular formula is C21H24N4O. The van der Waals surface area contributed by atoms with Gasteiger partial charge in [0.1, 0.15) is 0 Å². The summed E-state index contributed by atoms with van der Waals surface area (Å²) < 4.78 is 1.62. The summed E-state index contributed by atoms with van der Waals surface area (Å²) in [4.78, 5) is 12.3. The van der Waals surface area contributed by atoms with Crippen molar-refractivity contribution in [1.29, 1.82) is 0 Å². The first kappa shape index (κ1) is 17.9. The number of carbonyl (C=O) groups excluding carboxylic acids is 1. The van der Waals surface area contributed by atoms with Crippen molar-refractivity contribution in [3.05, 3.63) is 77.1 Å². The van der Waals surface area contributed by atoms with Gasteiger partial charge in [0.15, 0.2) is 5.69 Å². The van der Waals surface area contributed by atoms with Crippen LogP contribution in [0, 0.1) is 0 Å². The number of nitrogens with zero attached hydrogens (tertiary/aromatic N) is 3. The Morgan fingerprint density at radius 3 is 2.31 bits per heavy atom. The van der Waals surface area contributed by atoms with Crippen molar-refractivity contribution < 1.29 is 4.79 Å². The number of aryl methyl sites for hydroxylation is 1. The SMILES string of the molecule is CCc1ccc(-n2cc(C(=O)NCc3ccc(C(C)C)cc3)nn2)cc1. The second kappa shape index (κ2) is 7.95. The summed E-state index contributed by atoms with van der Waals surface area (Å²) in [6.07, 6.45) is 2.64. The Morgan fingerprint density at radius 2 is 1.69 bits per heavy atom. The van der Waals surface area contributed by atoms with Crippen molar-refractivity contribution >= 4 is 5.91 Å². The summed E-state index contributed by atoms with van der Waals surface area (Å²) in [6.45, 7) is 6.91. The van der Waals surface area contributed by atoms with Gasteiger partial charge in [0.25, 0.3) is 5.91 Å². The van der Waals surface area contributed by atoms with Crippen molar-refractivity contribution in [3.63, 3.8) is 0 Å². The van der Waals surface area contributed by atoms with Crippen molar-refractivity contribution in [2.24, 2.45) is 0 Å². The molecule has 26 heavy (non-hydrogen) atoms. The number of hydrogen-bond acceptors (Lipinski definition) is 3. The van der Waals surface area contributed by atoms with Crippen LogP contribution in [0.1, 0.15) is 53.9 Å². The Kier molecular flexibility index (Phi) is 5.46. The quantitative estimate of drug-likeness (QED) is 0.735. The zero-order chi connectivity index (χ0) is 18.5. The van der Waals surface area contributed by atoms with Gasteiger partial charge < -0.3 is 5.32 Å². The van der Waals surface area contributed by atoms with Gasteiger partial charge in [-0.15, -0.1) is 5.10 Å². The minimum atomic E-state index is -0.227. The number of aromatic nitrogens is 3. The van der Waals surface area contributed by atoms with Crippen LogP contribution in [0.25, 0.3) is 5.69 Å². The molecule has 0 spiro atoms. The van der Waals surface area contributed by atoms with Crippen LogP contribution in [-0.4, -0.2) is 20.9 Å². The van der Waals surface area contributed by atoms with Crippen molar-refractivity contribution in [1.82, 2.24) is 20.3 Å². The molecule has 0 saturated heterocycles. The number of hydrogen-bond donors (Lipinski definition) is 1. The Bertz CT molecular complexity index is 864. The van der Waals surface area contributed by atoms with E-state index in [9.17, 15) is 4.79 Å². The lowest BCUT2D eigenvalue weighted by atomic mass is 10.0. The molecule has 0 aliphatic heterocycles. The van der Waals surface area contributed by atoms with E-state index in [4.69, 9.17) is 0 Å². The maximum absolute atomic E-state index is 12.3. The monoisotopic (exact) mass is 348 g/mol. The molecule has 5 nitrogen and oxygen atoms in total. The van der Waals surface area contributed by atoms with E-state index in [0.717, 1.165) is 17.7 Å². The van der Waals surface area contributed by atoms with E-state index in [-0.39, 0.29) is 5.91 Å². The van der Waals surface area contributed by atoms with E-state index >= 15 is 0 Å². The fourth-order valence-corrected chi connectivity index (χ4v) is 2.67. The Balaban J connectivity index is 1.62. The van der Waals surface area contributed by atoms with Gasteiger partial charge in [-0.25, -0.2) is 4.68 Å². The molecule has 1 aromatic heterocycles. The van der Waals surface area contributed by atoms with Crippen LogP contribution >= 0.6 is 0 Å². The number of amides is 1. The minimum Gasteiger partial charge on any atom is -0.347 e. The van der Waals surface area contributed by atoms with E-state index in [2.05, 4.69) is 60.7 Å². The third-order valence-electron chi connectivity index (χ3n) is 4.43. The summed E-state index contributed by atoms with van der Waals surface area (Å²) in [5.41, 5.74) is 4.80. The molecule has 1 heterocycles. The first-order chi connectivity index (χ1) is 12.6. The molecule has 3 rings (SSSR count). The maximum atomic E-state index is 12.3. The van der Waals surface area contributed by atoms with Crippen molar-refractivity contribution in [3.8, 4) is 5.69 Å². The van der Waals surface area contributed by atoms with Crippen molar-refractivity contribution in [2.75, 3.05) is 0 Å². The Hall–Kier alpha value is -2.95. The van der Waals surface area contributed by atoms with Gasteiger partial charge in [-0.05, 0) is 41.2 Å². The first-order valence-electron chi connectivity index (χ1n) is 8.95. The molecule has 0 radical (unpaired) electrons. The van der Waals surface area contributed by atoms with Crippen molar-refractivity contribution in [2.45, 2.75) is 39.7 Å². The van der Waals surface area contributed by atoms with Crippen LogP contribution < -0.4 is 5.32 Å². The summed E-state index contributed by atoms with van der Waals surface area (Å²) in [6, 6.07) is 16.3. The van der Waals surface area contributed by atoms with E-state index < -0.39 is 0 Å². The second-order valence-electron chi connectivity index (χ2n) is 6.65. The highest BCUT2D eigenvalue weighted by molar-refractivity contribution is 5.91. The van der Waals surface area contributed by atoms with Crippen LogP contribution in [0.2, 0.25) is 0 Å². The molecule has 2 aromatic carbocycles. The van der Waals surface area contributed by atoms with E-state index in [0.29, 0.717) is 18.2 Å². The van der Waals surface area contributed by atoms with E-state index in [1.807, 2.05) is 24.3 Å². The topological polar surface area (TPSA) is 59.8 Å². The smallest absolute Gasteiger partial charge is 0.273 e. The van der Waals surface area contributed by atoms with Crippen LogP contribution in [0.15, 0.2) is 54.7 Å². The summed E-state index contributed by atoms with van der Waals surface area (Å²) in [7, 11) is 0. The van der Waals surface area contributed by atoms with Gasteiger partial charge in [-0.3, -0.25) is 4.79 Å². The molecule has 0 aliphatic carbocycles. The molecule has 5 heteroatoms.